The van der Waals surface area contributed by atoms with Crippen LogP contribution in [-0.4, -0.2) is 13.2 Å². The van der Waals surface area contributed by atoms with Crippen LogP contribution in [0.2, 0.25) is 0 Å². The van der Waals surface area contributed by atoms with Crippen LogP contribution in [0, 0.1) is 5.92 Å². The molecule has 0 amide bonds. The van der Waals surface area contributed by atoms with Crippen LogP contribution < -0.4 is 0 Å². The van der Waals surface area contributed by atoms with Gasteiger partial charge in [-0.05, 0) is 19.3 Å². The van der Waals surface area contributed by atoms with E-state index < -0.39 is 0 Å². The first-order valence-electron chi connectivity index (χ1n) is 3.14. The van der Waals surface area contributed by atoms with Crippen LogP contribution in [0.4, 0.5) is 0 Å². The Hall–Kier alpha value is -0.0400. The largest absolute Gasteiger partial charge is 0.382 e. The highest BCUT2D eigenvalue weighted by atomic mass is 16.5. The molecule has 0 aromatic heterocycles. The van der Waals surface area contributed by atoms with Gasteiger partial charge >= 0.3 is 0 Å². The van der Waals surface area contributed by atoms with Gasteiger partial charge in [0.25, 0.3) is 0 Å². The van der Waals surface area contributed by atoms with Crippen LogP contribution >= 0.6 is 0 Å². The zero-order valence-electron chi connectivity index (χ0n) is 6.03. The molecule has 0 bridgehead atoms. The topological polar surface area (TPSA) is 9.23 Å². The quantitative estimate of drug-likeness (QED) is 0.509. The Morgan fingerprint density at radius 1 is 1.38 bits per heavy atom. The maximum Gasteiger partial charge on any atom is 0.0471 e. The van der Waals surface area contributed by atoms with Crippen LogP contribution in [0.5, 0.6) is 0 Å². The van der Waals surface area contributed by atoms with Crippen molar-refractivity contribution in [3.63, 3.8) is 0 Å². The van der Waals surface area contributed by atoms with Crippen molar-refractivity contribution in [2.24, 2.45) is 0 Å². The highest BCUT2D eigenvalue weighted by Crippen LogP contribution is 2.00. The number of rotatable bonds is 4. The molecule has 0 heterocycles. The summed E-state index contributed by atoms with van der Waals surface area (Å²) >= 11 is 0. The third-order valence-electron chi connectivity index (χ3n) is 0.951. The van der Waals surface area contributed by atoms with E-state index in [2.05, 4.69) is 13.8 Å². The van der Waals surface area contributed by atoms with Crippen LogP contribution in [0.3, 0.4) is 0 Å². The molecule has 0 saturated heterocycles. The minimum absolute atomic E-state index is 0.841. The van der Waals surface area contributed by atoms with Gasteiger partial charge < -0.3 is 4.74 Å². The van der Waals surface area contributed by atoms with E-state index in [1.54, 1.807) is 0 Å². The molecular weight excluding hydrogens is 100 g/mol. The Morgan fingerprint density at radius 2 is 2.00 bits per heavy atom. The smallest absolute Gasteiger partial charge is 0.0471 e. The summed E-state index contributed by atoms with van der Waals surface area (Å²) in [7, 11) is 0. The van der Waals surface area contributed by atoms with Crippen LogP contribution in [-0.2, 0) is 4.74 Å². The van der Waals surface area contributed by atoms with Crippen molar-refractivity contribution < 1.29 is 4.74 Å². The summed E-state index contributed by atoms with van der Waals surface area (Å²) < 4.78 is 5.12. The minimum Gasteiger partial charge on any atom is -0.382 e. The van der Waals surface area contributed by atoms with E-state index in [-0.39, 0.29) is 0 Å². The molecule has 0 spiro atoms. The standard InChI is InChI=1S/C7H15O/c1-4-8-6-5-7(2)3/h4-6H2,1-3H3. The summed E-state index contributed by atoms with van der Waals surface area (Å²) in [6, 6.07) is 0. The van der Waals surface area contributed by atoms with Crippen molar-refractivity contribution >= 4 is 0 Å². The van der Waals surface area contributed by atoms with E-state index in [1.807, 2.05) is 6.92 Å². The van der Waals surface area contributed by atoms with E-state index in [4.69, 9.17) is 4.74 Å². The predicted molar refractivity (Wildman–Crippen MR) is 35.7 cm³/mol. The fourth-order valence-electron chi connectivity index (χ4n) is 0.421. The van der Waals surface area contributed by atoms with Crippen molar-refractivity contribution in [1.82, 2.24) is 0 Å². The Bertz CT molecular complexity index is 41.7. The highest BCUT2D eigenvalue weighted by Gasteiger charge is 1.91. The van der Waals surface area contributed by atoms with Crippen molar-refractivity contribution in [2.75, 3.05) is 13.2 Å². The van der Waals surface area contributed by atoms with Gasteiger partial charge in [0.05, 0.1) is 0 Å². The van der Waals surface area contributed by atoms with Crippen LogP contribution in [0.1, 0.15) is 27.2 Å². The lowest BCUT2D eigenvalue weighted by Crippen LogP contribution is -1.96. The SMILES string of the molecule is CCOCC[C](C)C. The van der Waals surface area contributed by atoms with Gasteiger partial charge in [-0.15, -0.1) is 0 Å². The molecule has 0 aromatic carbocycles. The van der Waals surface area contributed by atoms with E-state index >= 15 is 0 Å². The second-order valence-electron chi connectivity index (χ2n) is 2.15. The Labute approximate surface area is 52.0 Å². The molecule has 0 aromatic rings. The van der Waals surface area contributed by atoms with Gasteiger partial charge in [-0.25, -0.2) is 0 Å². The molecule has 0 unspecified atom stereocenters. The predicted octanol–water partition coefficient (Wildman–Crippen LogP) is 2.03. The normalized spacial score (nSPS) is 10.5. The Kier molecular flexibility index (Phi) is 5.08. The van der Waals surface area contributed by atoms with Crippen molar-refractivity contribution in [3.8, 4) is 0 Å². The fourth-order valence-corrected chi connectivity index (χ4v) is 0.421. The molecule has 0 N–H and O–H groups in total. The average Bonchev–Trinajstić information content (AvgIpc) is 1.66. The monoisotopic (exact) mass is 115 g/mol. The van der Waals surface area contributed by atoms with Gasteiger partial charge in [0.1, 0.15) is 0 Å². The summed E-state index contributed by atoms with van der Waals surface area (Å²) in [6.45, 7) is 8.00. The maximum atomic E-state index is 5.12. The van der Waals surface area contributed by atoms with Gasteiger partial charge in [-0.1, -0.05) is 13.8 Å². The first-order chi connectivity index (χ1) is 3.77. The van der Waals surface area contributed by atoms with Gasteiger partial charge in [0, 0.05) is 13.2 Å². The third kappa shape index (κ3) is 5.96. The van der Waals surface area contributed by atoms with Crippen molar-refractivity contribution in [1.29, 1.82) is 0 Å². The molecule has 49 valence electrons. The molecule has 1 radical (unpaired) electrons. The molecular formula is C7H15O. The second-order valence-corrected chi connectivity index (χ2v) is 2.15. The lowest BCUT2D eigenvalue weighted by molar-refractivity contribution is 0.147. The van der Waals surface area contributed by atoms with Gasteiger partial charge in [-0.3, -0.25) is 0 Å². The molecule has 0 aliphatic heterocycles. The second kappa shape index (κ2) is 5.10. The zero-order chi connectivity index (χ0) is 6.41. The summed E-state index contributed by atoms with van der Waals surface area (Å²) in [5, 5.41) is 0. The molecule has 0 fully saturated rings. The number of hydrogen-bond donors (Lipinski definition) is 0. The molecule has 8 heavy (non-hydrogen) atoms. The molecule has 1 heteroatoms. The van der Waals surface area contributed by atoms with Gasteiger partial charge in [-0.2, -0.15) is 0 Å². The average molecular weight is 115 g/mol. The first kappa shape index (κ1) is 7.96. The molecule has 0 saturated carbocycles. The summed E-state index contributed by atoms with van der Waals surface area (Å²) in [4.78, 5) is 0. The maximum absolute atomic E-state index is 5.12. The first-order valence-corrected chi connectivity index (χ1v) is 3.14. The summed E-state index contributed by atoms with van der Waals surface area (Å²) in [5.41, 5.74) is 0. The van der Waals surface area contributed by atoms with Crippen LogP contribution in [0.15, 0.2) is 0 Å². The molecule has 0 aliphatic rings. The molecule has 0 atom stereocenters. The minimum atomic E-state index is 0.841. The lowest BCUT2D eigenvalue weighted by atomic mass is 10.1. The summed E-state index contributed by atoms with van der Waals surface area (Å²) in [6.07, 6.45) is 1.10. The Morgan fingerprint density at radius 3 is 2.38 bits per heavy atom. The third-order valence-corrected chi connectivity index (χ3v) is 0.951. The van der Waals surface area contributed by atoms with Crippen molar-refractivity contribution in [3.05, 3.63) is 5.92 Å². The summed E-state index contributed by atoms with van der Waals surface area (Å²) in [5.74, 6) is 1.44. The van der Waals surface area contributed by atoms with Crippen LogP contribution in [0.25, 0.3) is 0 Å². The molecule has 1 nitrogen and oxygen atoms in total. The fraction of sp³-hybridized carbons (Fsp3) is 0.857. The van der Waals surface area contributed by atoms with Crippen molar-refractivity contribution in [2.45, 2.75) is 27.2 Å². The number of ether oxygens (including phenoxy) is 1. The highest BCUT2D eigenvalue weighted by molar-refractivity contribution is 4.75. The van der Waals surface area contributed by atoms with Gasteiger partial charge in [0.15, 0.2) is 0 Å². The number of hydrogen-bond acceptors (Lipinski definition) is 1. The van der Waals surface area contributed by atoms with E-state index in [0.717, 1.165) is 19.6 Å². The van der Waals surface area contributed by atoms with E-state index in [0.29, 0.717) is 0 Å². The lowest BCUT2D eigenvalue weighted by Gasteiger charge is -2.01. The molecule has 0 rings (SSSR count). The van der Waals surface area contributed by atoms with E-state index in [9.17, 15) is 0 Å². The van der Waals surface area contributed by atoms with Gasteiger partial charge in [0.2, 0.25) is 0 Å². The molecule has 0 aliphatic carbocycles. The zero-order valence-corrected chi connectivity index (χ0v) is 6.03. The Balaban J connectivity index is 2.72. The van der Waals surface area contributed by atoms with E-state index in [1.165, 1.54) is 5.92 Å².